The average molecular weight is 352 g/mol. The Morgan fingerprint density at radius 2 is 1.73 bits per heavy atom. The predicted molar refractivity (Wildman–Crippen MR) is 98.1 cm³/mol. The van der Waals surface area contributed by atoms with Gasteiger partial charge in [0, 0.05) is 18.7 Å². The maximum absolute atomic E-state index is 13.1. The van der Waals surface area contributed by atoms with E-state index in [-0.39, 0.29) is 46.3 Å². The molecule has 2 aromatic heterocycles. The molecule has 6 heteroatoms. The Morgan fingerprint density at radius 1 is 1.08 bits per heavy atom. The quantitative estimate of drug-likeness (QED) is 0.729. The van der Waals surface area contributed by atoms with E-state index >= 15 is 0 Å². The lowest BCUT2D eigenvalue weighted by molar-refractivity contribution is 0.0964. The van der Waals surface area contributed by atoms with Gasteiger partial charge < -0.3 is 9.55 Å². The number of nitrogens with one attached hydrogen (secondary N) is 1. The van der Waals surface area contributed by atoms with Crippen LogP contribution in [0.4, 0.5) is 0 Å². The molecule has 1 unspecified atom stereocenters. The molecule has 1 N–H and O–H groups in total. The lowest BCUT2D eigenvalue weighted by Gasteiger charge is -2.24. The summed E-state index contributed by atoms with van der Waals surface area (Å²) in [6.45, 7) is 9.20. The van der Waals surface area contributed by atoms with Crippen molar-refractivity contribution in [3.63, 3.8) is 0 Å². The summed E-state index contributed by atoms with van der Waals surface area (Å²) in [4.78, 5) is 53.0. The van der Waals surface area contributed by atoms with Crippen LogP contribution in [0.25, 0.3) is 0 Å². The van der Waals surface area contributed by atoms with Gasteiger partial charge in [-0.15, -0.1) is 6.58 Å². The highest BCUT2D eigenvalue weighted by Crippen LogP contribution is 2.29. The molecule has 0 radical (unpaired) electrons. The van der Waals surface area contributed by atoms with Crippen molar-refractivity contribution < 1.29 is 9.59 Å². The van der Waals surface area contributed by atoms with Crippen molar-refractivity contribution in [3.05, 3.63) is 79.1 Å². The standard InChI is InChI=1S/C20H20N2O4/c1-5-6-10(2)9-22-14(24)8-12(4)16-18(22)20(26)17-15(19(16)25)11(3)7-13(23)21-17/h5,7-8,10H,1,6,9H2,2-4H3,(H,21,23). The SMILES string of the molecule is C=CCC(C)Cn1c2c(c(C)cc1=O)C(=O)c1c(C)cc(=O)[nH]c1C2=O. The number of aromatic amines is 1. The van der Waals surface area contributed by atoms with Crippen molar-refractivity contribution in [2.24, 2.45) is 5.92 Å². The molecule has 0 aliphatic heterocycles. The van der Waals surface area contributed by atoms with Gasteiger partial charge in [0.25, 0.3) is 5.56 Å². The van der Waals surface area contributed by atoms with E-state index in [4.69, 9.17) is 0 Å². The molecule has 6 nitrogen and oxygen atoms in total. The summed E-state index contributed by atoms with van der Waals surface area (Å²) >= 11 is 0. The Morgan fingerprint density at radius 3 is 2.38 bits per heavy atom. The van der Waals surface area contributed by atoms with Crippen LogP contribution in [0.2, 0.25) is 0 Å². The Bertz CT molecular complexity index is 1070. The Hall–Kier alpha value is -3.02. The zero-order valence-electron chi connectivity index (χ0n) is 15.0. The van der Waals surface area contributed by atoms with Gasteiger partial charge in [-0.05, 0) is 37.3 Å². The molecular weight excluding hydrogens is 332 g/mol. The summed E-state index contributed by atoms with van der Waals surface area (Å²) in [7, 11) is 0. The fraction of sp³-hybridized carbons (Fsp3) is 0.300. The van der Waals surface area contributed by atoms with Crippen molar-refractivity contribution in [2.45, 2.75) is 33.7 Å². The minimum atomic E-state index is -0.498. The summed E-state index contributed by atoms with van der Waals surface area (Å²) in [5, 5.41) is 0. The highest BCUT2D eigenvalue weighted by Gasteiger charge is 2.36. The number of aromatic nitrogens is 2. The normalized spacial score (nSPS) is 14.0. The molecule has 1 aliphatic rings. The molecule has 3 rings (SSSR count). The van der Waals surface area contributed by atoms with Crippen LogP contribution in [0.5, 0.6) is 0 Å². The molecule has 26 heavy (non-hydrogen) atoms. The molecule has 2 heterocycles. The van der Waals surface area contributed by atoms with Crippen molar-refractivity contribution in [3.8, 4) is 0 Å². The summed E-state index contributed by atoms with van der Waals surface area (Å²) in [5.74, 6) is -0.772. The number of hydrogen-bond acceptors (Lipinski definition) is 4. The number of carbonyl (C=O) groups excluding carboxylic acids is 2. The van der Waals surface area contributed by atoms with Gasteiger partial charge in [-0.1, -0.05) is 13.0 Å². The zero-order chi connectivity index (χ0) is 19.2. The van der Waals surface area contributed by atoms with E-state index in [9.17, 15) is 19.2 Å². The molecule has 1 atom stereocenters. The van der Waals surface area contributed by atoms with Crippen molar-refractivity contribution in [1.82, 2.24) is 9.55 Å². The van der Waals surface area contributed by atoms with E-state index in [2.05, 4.69) is 11.6 Å². The highest BCUT2D eigenvalue weighted by atomic mass is 16.2. The van der Waals surface area contributed by atoms with Gasteiger partial charge in [-0.2, -0.15) is 0 Å². The highest BCUT2D eigenvalue weighted by molar-refractivity contribution is 6.27. The number of pyridine rings is 2. The van der Waals surface area contributed by atoms with Crippen LogP contribution in [-0.4, -0.2) is 21.1 Å². The van der Waals surface area contributed by atoms with Gasteiger partial charge in [0.1, 0.15) is 11.4 Å². The monoisotopic (exact) mass is 352 g/mol. The number of hydrogen-bond donors (Lipinski definition) is 1. The molecule has 0 bridgehead atoms. The predicted octanol–water partition coefficient (Wildman–Crippen LogP) is 2.14. The number of H-pyrrole nitrogens is 1. The molecule has 134 valence electrons. The fourth-order valence-corrected chi connectivity index (χ4v) is 3.54. The van der Waals surface area contributed by atoms with Crippen molar-refractivity contribution in [2.75, 3.05) is 0 Å². The number of ketones is 2. The van der Waals surface area contributed by atoms with Gasteiger partial charge in [-0.25, -0.2) is 0 Å². The maximum atomic E-state index is 13.1. The van der Waals surface area contributed by atoms with Crippen LogP contribution < -0.4 is 11.1 Å². The molecular formula is C20H20N2O4. The van der Waals surface area contributed by atoms with E-state index in [1.54, 1.807) is 19.9 Å². The van der Waals surface area contributed by atoms with Crippen LogP contribution in [0.1, 0.15) is 56.6 Å². The van der Waals surface area contributed by atoms with E-state index in [0.717, 1.165) is 0 Å². The molecule has 0 fully saturated rings. The van der Waals surface area contributed by atoms with Crippen LogP contribution in [0.15, 0.2) is 34.4 Å². The molecule has 2 aromatic rings. The first-order valence-corrected chi connectivity index (χ1v) is 8.44. The molecule has 0 aromatic carbocycles. The summed E-state index contributed by atoms with van der Waals surface area (Å²) in [6.07, 6.45) is 2.42. The van der Waals surface area contributed by atoms with Crippen LogP contribution in [-0.2, 0) is 6.54 Å². The second-order valence-corrected chi connectivity index (χ2v) is 6.85. The third-order valence-corrected chi connectivity index (χ3v) is 4.71. The topological polar surface area (TPSA) is 89.0 Å². The number of aryl methyl sites for hydroxylation is 2. The van der Waals surface area contributed by atoms with Gasteiger partial charge >= 0.3 is 0 Å². The number of nitrogens with zero attached hydrogens (tertiary/aromatic N) is 1. The minimum absolute atomic E-state index is 0.0392. The minimum Gasteiger partial charge on any atom is -0.318 e. The van der Waals surface area contributed by atoms with Crippen molar-refractivity contribution in [1.29, 1.82) is 0 Å². The largest absolute Gasteiger partial charge is 0.318 e. The summed E-state index contributed by atoms with van der Waals surface area (Å²) in [5.41, 5.74) is 0.589. The Kier molecular flexibility index (Phi) is 4.36. The molecule has 0 saturated heterocycles. The number of carbonyl (C=O) groups is 2. The van der Waals surface area contributed by atoms with Gasteiger partial charge in [0.2, 0.25) is 11.3 Å². The van der Waals surface area contributed by atoms with Gasteiger partial charge in [0.05, 0.1) is 11.1 Å². The number of allylic oxidation sites excluding steroid dienone is 1. The van der Waals surface area contributed by atoms with Gasteiger partial charge in [-0.3, -0.25) is 19.2 Å². The molecule has 0 spiro atoms. The Balaban J connectivity index is 2.32. The first kappa shape index (κ1) is 17.8. The van der Waals surface area contributed by atoms with E-state index in [1.165, 1.54) is 16.7 Å². The Labute approximate surface area is 150 Å². The van der Waals surface area contributed by atoms with Crippen LogP contribution >= 0.6 is 0 Å². The van der Waals surface area contributed by atoms with E-state index in [1.807, 2.05) is 6.92 Å². The number of rotatable bonds is 4. The average Bonchev–Trinajstić information content (AvgIpc) is 2.54. The molecule has 0 amide bonds. The van der Waals surface area contributed by atoms with Crippen LogP contribution in [0.3, 0.4) is 0 Å². The first-order valence-electron chi connectivity index (χ1n) is 8.44. The fourth-order valence-electron chi connectivity index (χ4n) is 3.54. The van der Waals surface area contributed by atoms with Crippen molar-refractivity contribution >= 4 is 11.6 Å². The zero-order valence-corrected chi connectivity index (χ0v) is 15.0. The van der Waals surface area contributed by atoms with Crippen LogP contribution in [0, 0.1) is 19.8 Å². The smallest absolute Gasteiger partial charge is 0.251 e. The van der Waals surface area contributed by atoms with Gasteiger partial charge in [0.15, 0.2) is 5.78 Å². The second-order valence-electron chi connectivity index (χ2n) is 6.85. The summed E-state index contributed by atoms with van der Waals surface area (Å²) in [6, 6.07) is 2.68. The van der Waals surface area contributed by atoms with E-state index in [0.29, 0.717) is 17.5 Å². The summed E-state index contributed by atoms with van der Waals surface area (Å²) < 4.78 is 1.35. The lowest BCUT2D eigenvalue weighted by Crippen LogP contribution is -2.36. The maximum Gasteiger partial charge on any atom is 0.251 e. The molecule has 1 aliphatic carbocycles. The molecule has 0 saturated carbocycles. The first-order chi connectivity index (χ1) is 12.3. The lowest BCUT2D eigenvalue weighted by atomic mass is 9.85. The number of fused-ring (bicyclic) bond motifs is 2. The van der Waals surface area contributed by atoms with E-state index < -0.39 is 11.3 Å². The second kappa shape index (κ2) is 6.37. The third-order valence-electron chi connectivity index (χ3n) is 4.71. The third kappa shape index (κ3) is 2.67.